The fraction of sp³-hybridized carbons (Fsp3) is 0.440. The van der Waals surface area contributed by atoms with Crippen LogP contribution in [0, 0.1) is 5.92 Å². The van der Waals surface area contributed by atoms with Gasteiger partial charge in [-0.1, -0.05) is 42.9 Å². The highest BCUT2D eigenvalue weighted by atomic mass is 19.4. The average molecular weight is 508 g/mol. The van der Waals surface area contributed by atoms with Crippen molar-refractivity contribution in [1.29, 1.82) is 0 Å². The predicted molar refractivity (Wildman–Crippen MR) is 125 cm³/mol. The van der Waals surface area contributed by atoms with Crippen molar-refractivity contribution in [3.8, 4) is 0 Å². The highest BCUT2D eigenvalue weighted by Gasteiger charge is 2.57. The van der Waals surface area contributed by atoms with Crippen LogP contribution in [0.25, 0.3) is 0 Å². The van der Waals surface area contributed by atoms with Crippen molar-refractivity contribution >= 4 is 17.4 Å². The van der Waals surface area contributed by atoms with Gasteiger partial charge in [-0.25, -0.2) is 9.97 Å². The molecule has 1 aromatic rings. The Morgan fingerprint density at radius 1 is 1.22 bits per heavy atom. The molecule has 3 heterocycles. The molecule has 0 spiro atoms. The third-order valence-corrected chi connectivity index (χ3v) is 6.57. The summed E-state index contributed by atoms with van der Waals surface area (Å²) in [5.41, 5.74) is 0.797. The summed E-state index contributed by atoms with van der Waals surface area (Å²) in [5.74, 6) is -4.65. The van der Waals surface area contributed by atoms with E-state index in [1.807, 2.05) is 32.1 Å². The highest BCUT2D eigenvalue weighted by molar-refractivity contribution is 6.09. The second-order valence-corrected chi connectivity index (χ2v) is 9.25. The number of carbonyl (C=O) groups excluding carboxylic acids is 1. The van der Waals surface area contributed by atoms with Crippen LogP contribution in [0.1, 0.15) is 50.9 Å². The standard InChI is InChI=1S/C25H26F5N5O/c1-16-7-6-10-19(34-35(13-11-16)14-12-24(26,27)25(28,29)30)21-31-15-18-20(32-21)33-22(36)23(18,2)17-8-4-3-5-9-17/h3-4,6,8,10-11,13,15-16H,5,7,9,12,14H2,1-2H3,(H,31,32,33,36)/b10-6+,13-11+,34-19+. The molecule has 192 valence electrons. The second kappa shape index (κ2) is 9.59. The highest BCUT2D eigenvalue weighted by Crippen LogP contribution is 2.44. The summed E-state index contributed by atoms with van der Waals surface area (Å²) in [6.07, 6.45) is 8.89. The van der Waals surface area contributed by atoms with Crippen molar-refractivity contribution in [3.63, 3.8) is 0 Å². The number of carbonyl (C=O) groups is 1. The molecule has 3 aliphatic rings. The Morgan fingerprint density at radius 2 is 2.00 bits per heavy atom. The summed E-state index contributed by atoms with van der Waals surface area (Å²) in [7, 11) is 0. The topological polar surface area (TPSA) is 70.5 Å². The Morgan fingerprint density at radius 3 is 2.69 bits per heavy atom. The molecule has 4 rings (SSSR count). The monoisotopic (exact) mass is 507 g/mol. The zero-order chi connectivity index (χ0) is 26.1. The molecule has 0 aromatic carbocycles. The van der Waals surface area contributed by atoms with Crippen LogP contribution in [-0.2, 0) is 10.2 Å². The van der Waals surface area contributed by atoms with Crippen LogP contribution in [-0.4, -0.2) is 45.2 Å². The maximum absolute atomic E-state index is 13.5. The van der Waals surface area contributed by atoms with Crippen LogP contribution in [0.4, 0.5) is 27.8 Å². The number of alkyl halides is 5. The molecule has 1 N–H and O–H groups in total. The first-order valence-corrected chi connectivity index (χ1v) is 11.6. The van der Waals surface area contributed by atoms with E-state index in [0.717, 1.165) is 23.4 Å². The number of hydrogen-bond acceptors (Lipinski definition) is 5. The van der Waals surface area contributed by atoms with Gasteiger partial charge in [-0.05, 0) is 38.2 Å². The van der Waals surface area contributed by atoms with Gasteiger partial charge in [0.15, 0.2) is 5.82 Å². The fourth-order valence-electron chi connectivity index (χ4n) is 4.22. The number of aromatic nitrogens is 2. The lowest BCUT2D eigenvalue weighted by Crippen LogP contribution is -2.38. The number of amides is 1. The van der Waals surface area contributed by atoms with Crippen LogP contribution in [0.15, 0.2) is 59.5 Å². The van der Waals surface area contributed by atoms with Crippen molar-refractivity contribution < 1.29 is 26.7 Å². The number of hydrazone groups is 1. The molecule has 0 saturated carbocycles. The molecule has 0 radical (unpaired) electrons. The molecule has 36 heavy (non-hydrogen) atoms. The number of rotatable bonds is 5. The summed E-state index contributed by atoms with van der Waals surface area (Å²) in [6.45, 7) is 3.02. The average Bonchev–Trinajstić information content (AvgIpc) is 3.14. The molecule has 1 aromatic heterocycles. The first kappa shape index (κ1) is 25.7. The van der Waals surface area contributed by atoms with E-state index in [4.69, 9.17) is 0 Å². The maximum Gasteiger partial charge on any atom is 0.453 e. The number of anilines is 1. The van der Waals surface area contributed by atoms with Crippen LogP contribution in [0.3, 0.4) is 0 Å². The van der Waals surface area contributed by atoms with E-state index in [2.05, 4.69) is 20.4 Å². The maximum atomic E-state index is 13.5. The van der Waals surface area contributed by atoms with Gasteiger partial charge in [0.1, 0.15) is 11.5 Å². The minimum atomic E-state index is -5.65. The van der Waals surface area contributed by atoms with Crippen molar-refractivity contribution in [2.45, 2.75) is 57.0 Å². The molecule has 1 aliphatic carbocycles. The van der Waals surface area contributed by atoms with Crippen LogP contribution < -0.4 is 5.32 Å². The van der Waals surface area contributed by atoms with E-state index in [-0.39, 0.29) is 23.4 Å². The number of nitrogens with zero attached hydrogens (tertiary/aromatic N) is 4. The molecule has 0 fully saturated rings. The van der Waals surface area contributed by atoms with Crippen LogP contribution >= 0.6 is 0 Å². The number of halogens is 5. The summed E-state index contributed by atoms with van der Waals surface area (Å²) < 4.78 is 65.1. The second-order valence-electron chi connectivity index (χ2n) is 9.25. The summed E-state index contributed by atoms with van der Waals surface area (Å²) in [4.78, 5) is 21.8. The normalized spacial score (nSPS) is 27.7. The van der Waals surface area contributed by atoms with Gasteiger partial charge < -0.3 is 5.32 Å². The van der Waals surface area contributed by atoms with Crippen LogP contribution in [0.5, 0.6) is 0 Å². The van der Waals surface area contributed by atoms with Crippen LogP contribution in [0.2, 0.25) is 0 Å². The zero-order valence-electron chi connectivity index (χ0n) is 19.8. The number of fused-ring (bicyclic) bond motifs is 1. The molecular weight excluding hydrogens is 481 g/mol. The van der Waals surface area contributed by atoms with Gasteiger partial charge in [-0.2, -0.15) is 27.1 Å². The van der Waals surface area contributed by atoms with Crippen molar-refractivity contribution in [3.05, 3.63) is 65.8 Å². The molecule has 0 saturated heterocycles. The number of hydrogen-bond donors (Lipinski definition) is 1. The SMILES string of the molecule is CC1/C=C/N(CCC(F)(F)C(F)(F)F)/N=C(c2ncc3c(n2)NC(=O)C3(C)C2=CC=CCC2)\C=C\C1. The van der Waals surface area contributed by atoms with Gasteiger partial charge in [-0.3, -0.25) is 9.80 Å². The van der Waals surface area contributed by atoms with Gasteiger partial charge in [0.2, 0.25) is 5.91 Å². The van der Waals surface area contributed by atoms with Crippen molar-refractivity contribution in [1.82, 2.24) is 15.0 Å². The van der Waals surface area contributed by atoms with E-state index >= 15 is 0 Å². The Labute approximate surface area is 205 Å². The Balaban J connectivity index is 1.66. The first-order chi connectivity index (χ1) is 16.9. The summed E-state index contributed by atoms with van der Waals surface area (Å²) in [6, 6.07) is 0. The molecule has 0 bridgehead atoms. The predicted octanol–water partition coefficient (Wildman–Crippen LogP) is 5.67. The summed E-state index contributed by atoms with van der Waals surface area (Å²) >= 11 is 0. The van der Waals surface area contributed by atoms with Gasteiger partial charge in [0.25, 0.3) is 0 Å². The third-order valence-electron chi connectivity index (χ3n) is 6.57. The van der Waals surface area contributed by atoms with E-state index in [0.29, 0.717) is 17.8 Å². The molecule has 11 heteroatoms. The fourth-order valence-corrected chi connectivity index (χ4v) is 4.22. The lowest BCUT2D eigenvalue weighted by molar-refractivity contribution is -0.284. The number of nitrogens with one attached hydrogen (secondary N) is 1. The molecule has 2 aliphatic heterocycles. The Hall–Kier alpha value is -3.37. The molecule has 1 amide bonds. The third kappa shape index (κ3) is 4.96. The minimum Gasteiger partial charge on any atom is -0.309 e. The zero-order valence-corrected chi connectivity index (χ0v) is 19.8. The molecular formula is C25H26F5N5O. The van der Waals surface area contributed by atoms with Gasteiger partial charge in [0, 0.05) is 30.9 Å². The van der Waals surface area contributed by atoms with E-state index in [1.165, 1.54) is 6.20 Å². The van der Waals surface area contributed by atoms with Crippen molar-refractivity contribution in [2.75, 3.05) is 11.9 Å². The molecule has 2 unspecified atom stereocenters. The quantitative estimate of drug-likeness (QED) is 0.522. The summed E-state index contributed by atoms with van der Waals surface area (Å²) in [5, 5.41) is 8.11. The largest absolute Gasteiger partial charge is 0.453 e. The van der Waals surface area contributed by atoms with Gasteiger partial charge in [-0.15, -0.1) is 0 Å². The number of allylic oxidation sites excluding steroid dienone is 6. The first-order valence-electron chi connectivity index (χ1n) is 11.6. The van der Waals surface area contributed by atoms with Gasteiger partial charge >= 0.3 is 12.1 Å². The van der Waals surface area contributed by atoms with Gasteiger partial charge in [0.05, 0.1) is 5.41 Å². The smallest absolute Gasteiger partial charge is 0.309 e. The lowest BCUT2D eigenvalue weighted by Gasteiger charge is -2.26. The van der Waals surface area contributed by atoms with E-state index < -0.39 is 30.5 Å². The van der Waals surface area contributed by atoms with E-state index in [1.54, 1.807) is 24.4 Å². The molecule has 2 atom stereocenters. The van der Waals surface area contributed by atoms with E-state index in [9.17, 15) is 26.7 Å². The molecule has 6 nitrogen and oxygen atoms in total. The van der Waals surface area contributed by atoms with Crippen molar-refractivity contribution in [2.24, 2.45) is 11.0 Å². The minimum absolute atomic E-state index is 0.000166. The Kier molecular flexibility index (Phi) is 6.85. The lowest BCUT2D eigenvalue weighted by atomic mass is 9.75. The Bertz CT molecular complexity index is 1180.